The Bertz CT molecular complexity index is 1100. The molecule has 1 fully saturated rings. The predicted octanol–water partition coefficient (Wildman–Crippen LogP) is 3.30. The van der Waals surface area contributed by atoms with Crippen molar-refractivity contribution >= 4 is 17.5 Å². The van der Waals surface area contributed by atoms with Crippen molar-refractivity contribution in [3.63, 3.8) is 0 Å². The Kier molecular flexibility index (Phi) is 6.43. The molecule has 0 radical (unpaired) electrons. The van der Waals surface area contributed by atoms with Crippen molar-refractivity contribution in [1.82, 2.24) is 25.2 Å². The second kappa shape index (κ2) is 9.43. The lowest BCUT2D eigenvalue weighted by atomic mass is 10.1. The quantitative estimate of drug-likeness (QED) is 0.602. The highest BCUT2D eigenvalue weighted by Gasteiger charge is 2.31. The van der Waals surface area contributed by atoms with Crippen LogP contribution in [0, 0.1) is 6.92 Å². The summed E-state index contributed by atoms with van der Waals surface area (Å²) in [5.74, 6) is 0.136. The number of anilines is 2. The summed E-state index contributed by atoms with van der Waals surface area (Å²) in [6, 6.07) is 8.89. The smallest absolute Gasteiger partial charge is 0.406 e. The number of alkyl halides is 3. The highest BCUT2D eigenvalue weighted by Crippen LogP contribution is 2.25. The van der Waals surface area contributed by atoms with E-state index in [4.69, 9.17) is 0 Å². The Balaban J connectivity index is 1.34. The van der Waals surface area contributed by atoms with E-state index in [9.17, 15) is 18.0 Å². The SMILES string of the molecule is Cc1cn(C2CCCN(c3ccc(NC(=O)Cc4cccc(OC(F)(F)F)c4)nn3)C2)nn1. The molecule has 0 aliphatic carbocycles. The molecule has 12 heteroatoms. The molecule has 3 heterocycles. The zero-order chi connectivity index (χ0) is 23.4. The maximum absolute atomic E-state index is 12.4. The second-order valence-corrected chi connectivity index (χ2v) is 7.78. The number of benzene rings is 1. The van der Waals surface area contributed by atoms with E-state index < -0.39 is 12.3 Å². The Hall–Kier alpha value is -3.70. The molecular weight excluding hydrogens is 439 g/mol. The van der Waals surface area contributed by atoms with Crippen LogP contribution in [0.15, 0.2) is 42.6 Å². The van der Waals surface area contributed by atoms with Gasteiger partial charge in [-0.2, -0.15) is 0 Å². The first-order valence-corrected chi connectivity index (χ1v) is 10.4. The number of aryl methyl sites for hydroxylation is 1. The number of carbonyl (C=O) groups is 1. The van der Waals surface area contributed by atoms with Crippen molar-refractivity contribution in [2.75, 3.05) is 23.3 Å². The van der Waals surface area contributed by atoms with Crippen LogP contribution in [-0.2, 0) is 11.2 Å². The van der Waals surface area contributed by atoms with Crippen LogP contribution >= 0.6 is 0 Å². The summed E-state index contributed by atoms with van der Waals surface area (Å²) in [7, 11) is 0. The number of aromatic nitrogens is 5. The molecule has 174 valence electrons. The van der Waals surface area contributed by atoms with E-state index in [-0.39, 0.29) is 24.0 Å². The predicted molar refractivity (Wildman–Crippen MR) is 113 cm³/mol. The third-order valence-corrected chi connectivity index (χ3v) is 5.13. The van der Waals surface area contributed by atoms with Gasteiger partial charge in [-0.05, 0) is 49.6 Å². The van der Waals surface area contributed by atoms with Gasteiger partial charge in [0, 0.05) is 19.3 Å². The number of hydrogen-bond acceptors (Lipinski definition) is 7. The van der Waals surface area contributed by atoms with E-state index in [0.29, 0.717) is 11.4 Å². The van der Waals surface area contributed by atoms with Crippen molar-refractivity contribution in [3.8, 4) is 5.75 Å². The fourth-order valence-electron chi connectivity index (χ4n) is 3.71. The molecule has 1 atom stereocenters. The van der Waals surface area contributed by atoms with Crippen LogP contribution in [0.3, 0.4) is 0 Å². The number of halogens is 3. The number of piperidine rings is 1. The molecule has 4 rings (SSSR count). The van der Waals surface area contributed by atoms with Gasteiger partial charge in [0.15, 0.2) is 11.6 Å². The first kappa shape index (κ1) is 22.5. The Morgan fingerprint density at radius 3 is 2.76 bits per heavy atom. The lowest BCUT2D eigenvalue weighted by molar-refractivity contribution is -0.274. The molecule has 1 aliphatic rings. The third-order valence-electron chi connectivity index (χ3n) is 5.13. The van der Waals surface area contributed by atoms with Crippen molar-refractivity contribution in [2.24, 2.45) is 0 Å². The van der Waals surface area contributed by atoms with E-state index in [1.165, 1.54) is 18.2 Å². The van der Waals surface area contributed by atoms with Gasteiger partial charge in [0.05, 0.1) is 18.2 Å². The van der Waals surface area contributed by atoms with Crippen LogP contribution in [0.25, 0.3) is 0 Å². The number of rotatable bonds is 6. The van der Waals surface area contributed by atoms with Crippen molar-refractivity contribution in [3.05, 3.63) is 53.9 Å². The summed E-state index contributed by atoms with van der Waals surface area (Å²) in [6.45, 7) is 3.45. The van der Waals surface area contributed by atoms with Gasteiger partial charge < -0.3 is 15.0 Å². The van der Waals surface area contributed by atoms with Gasteiger partial charge in [0.25, 0.3) is 0 Å². The molecule has 0 saturated carbocycles. The number of hydrogen-bond donors (Lipinski definition) is 1. The van der Waals surface area contributed by atoms with Gasteiger partial charge in [-0.25, -0.2) is 4.68 Å². The number of amides is 1. The summed E-state index contributed by atoms with van der Waals surface area (Å²) in [5, 5.41) is 19.1. The molecule has 1 amide bonds. The average molecular weight is 461 g/mol. The molecule has 33 heavy (non-hydrogen) atoms. The molecule has 1 aliphatic heterocycles. The van der Waals surface area contributed by atoms with Crippen LogP contribution in [0.4, 0.5) is 24.8 Å². The second-order valence-electron chi connectivity index (χ2n) is 7.78. The van der Waals surface area contributed by atoms with Crippen LogP contribution in [0.5, 0.6) is 5.75 Å². The van der Waals surface area contributed by atoms with E-state index in [2.05, 4.69) is 35.5 Å². The summed E-state index contributed by atoms with van der Waals surface area (Å²) < 4.78 is 42.9. The van der Waals surface area contributed by atoms with Crippen LogP contribution < -0.4 is 15.0 Å². The number of nitrogens with zero attached hydrogens (tertiary/aromatic N) is 6. The maximum Gasteiger partial charge on any atom is 0.573 e. The number of ether oxygens (including phenoxy) is 1. The standard InChI is InChI=1S/C21H22F3N7O2/c1-14-12-31(29-26-14)16-5-3-9-30(13-16)19-8-7-18(27-28-19)25-20(32)11-15-4-2-6-17(10-15)33-21(22,23)24/h2,4,6-8,10,12,16H,3,5,9,11,13H2,1H3,(H,25,27,32). The molecular formula is C21H22F3N7O2. The summed E-state index contributed by atoms with van der Waals surface area (Å²) in [4.78, 5) is 14.4. The van der Waals surface area contributed by atoms with Crippen molar-refractivity contribution in [2.45, 2.75) is 38.6 Å². The lowest BCUT2D eigenvalue weighted by Crippen LogP contribution is -2.37. The van der Waals surface area contributed by atoms with Crippen LogP contribution in [0.2, 0.25) is 0 Å². The summed E-state index contributed by atoms with van der Waals surface area (Å²) >= 11 is 0. The van der Waals surface area contributed by atoms with Crippen molar-refractivity contribution < 1.29 is 22.7 Å². The minimum atomic E-state index is -4.79. The van der Waals surface area contributed by atoms with E-state index in [1.54, 1.807) is 18.2 Å². The molecule has 2 aromatic heterocycles. The fraction of sp³-hybridized carbons (Fsp3) is 0.381. The highest BCUT2D eigenvalue weighted by atomic mass is 19.4. The van der Waals surface area contributed by atoms with Crippen LogP contribution in [-0.4, -0.2) is 50.6 Å². The van der Waals surface area contributed by atoms with Gasteiger partial charge in [-0.15, -0.1) is 28.5 Å². The Morgan fingerprint density at radius 1 is 1.21 bits per heavy atom. The average Bonchev–Trinajstić information content (AvgIpc) is 3.20. The normalized spacial score (nSPS) is 16.5. The molecule has 3 aromatic rings. The van der Waals surface area contributed by atoms with Gasteiger partial charge in [0.2, 0.25) is 5.91 Å². The van der Waals surface area contributed by atoms with E-state index in [0.717, 1.165) is 31.6 Å². The fourth-order valence-corrected chi connectivity index (χ4v) is 3.71. The van der Waals surface area contributed by atoms with Gasteiger partial charge in [-0.1, -0.05) is 17.3 Å². The topological polar surface area (TPSA) is 98.1 Å². The van der Waals surface area contributed by atoms with Gasteiger partial charge in [-0.3, -0.25) is 4.79 Å². The van der Waals surface area contributed by atoms with Crippen molar-refractivity contribution in [1.29, 1.82) is 0 Å². The molecule has 0 bridgehead atoms. The number of carbonyl (C=O) groups excluding carboxylic acids is 1. The zero-order valence-electron chi connectivity index (χ0n) is 17.8. The zero-order valence-corrected chi connectivity index (χ0v) is 17.8. The van der Waals surface area contributed by atoms with E-state index in [1.807, 2.05) is 17.8 Å². The monoisotopic (exact) mass is 461 g/mol. The Labute approximate surface area is 187 Å². The largest absolute Gasteiger partial charge is 0.573 e. The Morgan fingerprint density at radius 2 is 2.06 bits per heavy atom. The molecule has 0 spiro atoms. The number of nitrogens with one attached hydrogen (secondary N) is 1. The molecule has 1 N–H and O–H groups in total. The maximum atomic E-state index is 12.4. The molecule has 9 nitrogen and oxygen atoms in total. The minimum Gasteiger partial charge on any atom is -0.406 e. The lowest BCUT2D eigenvalue weighted by Gasteiger charge is -2.33. The molecule has 1 aromatic carbocycles. The van der Waals surface area contributed by atoms with Gasteiger partial charge >= 0.3 is 6.36 Å². The van der Waals surface area contributed by atoms with Gasteiger partial charge in [0.1, 0.15) is 5.75 Å². The summed E-state index contributed by atoms with van der Waals surface area (Å²) in [6.07, 6.45) is -1.04. The molecule has 1 saturated heterocycles. The summed E-state index contributed by atoms with van der Waals surface area (Å²) in [5.41, 5.74) is 1.24. The molecule has 1 unspecified atom stereocenters. The first-order valence-electron chi connectivity index (χ1n) is 10.4. The van der Waals surface area contributed by atoms with Crippen LogP contribution in [0.1, 0.15) is 30.1 Å². The minimum absolute atomic E-state index is 0.135. The highest BCUT2D eigenvalue weighted by molar-refractivity contribution is 5.91. The first-order chi connectivity index (χ1) is 15.7. The third kappa shape index (κ3) is 6.18. The van der Waals surface area contributed by atoms with E-state index >= 15 is 0 Å².